The third-order valence-electron chi connectivity index (χ3n) is 3.42. The van der Waals surface area contributed by atoms with E-state index in [1.807, 2.05) is 6.07 Å². The number of nitrogens with one attached hydrogen (secondary N) is 1. The zero-order valence-electron chi connectivity index (χ0n) is 11.8. The first kappa shape index (κ1) is 14.5. The van der Waals surface area contributed by atoms with Gasteiger partial charge in [-0.25, -0.2) is 0 Å². The minimum atomic E-state index is -0.682. The number of carbonyl (C=O) groups excluding carboxylic acids is 1. The van der Waals surface area contributed by atoms with E-state index >= 15 is 0 Å². The lowest BCUT2D eigenvalue weighted by atomic mass is 10.1. The number of phenolic OH excluding ortho intramolecular Hbond substituents is 1. The molecule has 0 aromatic heterocycles. The lowest BCUT2D eigenvalue weighted by Gasteiger charge is -2.26. The van der Waals surface area contributed by atoms with Crippen LogP contribution >= 0.6 is 11.6 Å². The Morgan fingerprint density at radius 1 is 1.32 bits per heavy atom. The summed E-state index contributed by atoms with van der Waals surface area (Å²) in [5, 5.41) is 12.7. The number of hydrogen-bond donors (Lipinski definition) is 2. The Morgan fingerprint density at radius 3 is 2.86 bits per heavy atom. The van der Waals surface area contributed by atoms with Crippen LogP contribution in [-0.2, 0) is 11.2 Å². The van der Waals surface area contributed by atoms with Gasteiger partial charge in [-0.05, 0) is 29.8 Å². The van der Waals surface area contributed by atoms with Crippen LogP contribution in [0.25, 0.3) is 0 Å². The number of anilines is 1. The summed E-state index contributed by atoms with van der Waals surface area (Å²) in [6.07, 6.45) is -0.316. The predicted molar refractivity (Wildman–Crippen MR) is 82.9 cm³/mol. The molecule has 2 N–H and O–H groups in total. The van der Waals surface area contributed by atoms with Gasteiger partial charge < -0.3 is 19.9 Å². The molecule has 2 aromatic carbocycles. The Balaban J connectivity index is 1.81. The van der Waals surface area contributed by atoms with Gasteiger partial charge in [0.25, 0.3) is 5.91 Å². The van der Waals surface area contributed by atoms with Crippen LogP contribution in [-0.4, -0.2) is 24.2 Å². The number of amides is 1. The highest BCUT2D eigenvalue weighted by atomic mass is 35.5. The van der Waals surface area contributed by atoms with E-state index in [0.717, 1.165) is 5.56 Å². The van der Waals surface area contributed by atoms with Gasteiger partial charge in [0, 0.05) is 12.5 Å². The number of benzene rings is 2. The lowest BCUT2D eigenvalue weighted by Crippen LogP contribution is -2.38. The van der Waals surface area contributed by atoms with Gasteiger partial charge in [0.05, 0.1) is 17.8 Å². The number of fused-ring (bicyclic) bond motifs is 1. The first-order chi connectivity index (χ1) is 10.6. The van der Waals surface area contributed by atoms with E-state index in [9.17, 15) is 9.90 Å². The summed E-state index contributed by atoms with van der Waals surface area (Å²) >= 11 is 6.09. The molecule has 0 fully saturated rings. The number of halogens is 1. The Morgan fingerprint density at radius 2 is 2.14 bits per heavy atom. The molecule has 1 aliphatic rings. The molecule has 0 bridgehead atoms. The van der Waals surface area contributed by atoms with Crippen molar-refractivity contribution in [1.82, 2.24) is 0 Å². The number of methoxy groups -OCH3 is 1. The molecule has 0 saturated heterocycles. The predicted octanol–water partition coefficient (Wildman–Crippen LogP) is 3.00. The Bertz CT molecular complexity index is 732. The maximum atomic E-state index is 12.1. The van der Waals surface area contributed by atoms with Crippen LogP contribution in [0.2, 0.25) is 5.02 Å². The highest BCUT2D eigenvalue weighted by Gasteiger charge is 2.28. The smallest absolute Gasteiger partial charge is 0.265 e. The van der Waals surface area contributed by atoms with Gasteiger partial charge >= 0.3 is 0 Å². The molecule has 1 heterocycles. The third kappa shape index (κ3) is 2.80. The van der Waals surface area contributed by atoms with Crippen LogP contribution in [0.4, 0.5) is 5.69 Å². The summed E-state index contributed by atoms with van der Waals surface area (Å²) < 4.78 is 10.8. The Hall–Kier alpha value is -2.40. The number of carbonyl (C=O) groups is 1. The quantitative estimate of drug-likeness (QED) is 0.853. The number of rotatable bonds is 3. The molecule has 0 radical (unpaired) electrons. The summed E-state index contributed by atoms with van der Waals surface area (Å²) in [5.41, 5.74) is 1.40. The topological polar surface area (TPSA) is 67.8 Å². The van der Waals surface area contributed by atoms with Gasteiger partial charge in [-0.2, -0.15) is 0 Å². The van der Waals surface area contributed by atoms with Crippen molar-refractivity contribution in [3.05, 3.63) is 47.0 Å². The molecule has 1 amide bonds. The normalized spacial score (nSPS) is 16.5. The number of phenols is 1. The molecule has 6 heteroatoms. The summed E-state index contributed by atoms with van der Waals surface area (Å²) in [6.45, 7) is 0. The second-order valence-corrected chi connectivity index (χ2v) is 5.36. The van der Waals surface area contributed by atoms with E-state index in [1.54, 1.807) is 25.3 Å². The van der Waals surface area contributed by atoms with Crippen LogP contribution in [0.1, 0.15) is 5.56 Å². The van der Waals surface area contributed by atoms with Crippen molar-refractivity contribution < 1.29 is 19.4 Å². The Labute approximate surface area is 132 Å². The molecule has 114 valence electrons. The van der Waals surface area contributed by atoms with Gasteiger partial charge in [-0.1, -0.05) is 17.7 Å². The fraction of sp³-hybridized carbons (Fsp3) is 0.188. The molecule has 2 aromatic rings. The molecule has 1 atom stereocenters. The fourth-order valence-corrected chi connectivity index (χ4v) is 2.60. The van der Waals surface area contributed by atoms with Crippen molar-refractivity contribution in [2.24, 2.45) is 0 Å². The second-order valence-electron chi connectivity index (χ2n) is 4.95. The third-order valence-corrected chi connectivity index (χ3v) is 3.72. The van der Waals surface area contributed by atoms with Crippen LogP contribution in [0.5, 0.6) is 17.2 Å². The van der Waals surface area contributed by atoms with Crippen LogP contribution in [0, 0.1) is 0 Å². The summed E-state index contributed by atoms with van der Waals surface area (Å²) in [6, 6.07) is 9.89. The van der Waals surface area contributed by atoms with E-state index in [0.29, 0.717) is 28.6 Å². The molecule has 22 heavy (non-hydrogen) atoms. The van der Waals surface area contributed by atoms with E-state index in [2.05, 4.69) is 5.32 Å². The maximum absolute atomic E-state index is 12.1. The van der Waals surface area contributed by atoms with Gasteiger partial charge in [0.1, 0.15) is 17.2 Å². The molecule has 0 spiro atoms. The molecular weight excluding hydrogens is 306 g/mol. The van der Waals surface area contributed by atoms with Gasteiger partial charge in [-0.15, -0.1) is 0 Å². The van der Waals surface area contributed by atoms with Crippen molar-refractivity contribution in [2.45, 2.75) is 12.5 Å². The highest BCUT2D eigenvalue weighted by molar-refractivity contribution is 6.32. The van der Waals surface area contributed by atoms with Gasteiger partial charge in [0.15, 0.2) is 6.10 Å². The van der Waals surface area contributed by atoms with E-state index in [-0.39, 0.29) is 11.7 Å². The standard InChI is InChI=1S/C16H14ClNO4/c1-21-13-5-2-9(6-11(13)17)7-15-16(20)18-12-4-3-10(19)8-14(12)22-15/h2-6,8,15,19H,7H2,1H3,(H,18,20). The first-order valence-corrected chi connectivity index (χ1v) is 7.07. The van der Waals surface area contributed by atoms with Crippen LogP contribution in [0.15, 0.2) is 36.4 Å². The minimum Gasteiger partial charge on any atom is -0.508 e. The highest BCUT2D eigenvalue weighted by Crippen LogP contribution is 2.34. The zero-order valence-corrected chi connectivity index (χ0v) is 12.6. The van der Waals surface area contributed by atoms with Crippen molar-refractivity contribution >= 4 is 23.2 Å². The Kier molecular flexibility index (Phi) is 3.81. The average Bonchev–Trinajstić information content (AvgIpc) is 2.49. The van der Waals surface area contributed by atoms with Crippen molar-refractivity contribution in [1.29, 1.82) is 0 Å². The number of hydrogen-bond acceptors (Lipinski definition) is 4. The van der Waals surface area contributed by atoms with Crippen molar-refractivity contribution in [2.75, 3.05) is 12.4 Å². The molecular formula is C16H14ClNO4. The van der Waals surface area contributed by atoms with Crippen molar-refractivity contribution in [3.8, 4) is 17.2 Å². The monoisotopic (exact) mass is 319 g/mol. The lowest BCUT2D eigenvalue weighted by molar-refractivity contribution is -0.123. The molecule has 1 aliphatic heterocycles. The molecule has 3 rings (SSSR count). The number of ether oxygens (including phenoxy) is 2. The van der Waals surface area contributed by atoms with Crippen LogP contribution < -0.4 is 14.8 Å². The largest absolute Gasteiger partial charge is 0.508 e. The summed E-state index contributed by atoms with van der Waals surface area (Å²) in [4.78, 5) is 12.1. The first-order valence-electron chi connectivity index (χ1n) is 6.70. The van der Waals surface area contributed by atoms with Gasteiger partial charge in [0.2, 0.25) is 0 Å². The molecule has 5 nitrogen and oxygen atoms in total. The molecule has 0 aliphatic carbocycles. The molecule has 0 saturated carbocycles. The summed E-state index contributed by atoms with van der Waals surface area (Å²) in [5.74, 6) is 0.880. The van der Waals surface area contributed by atoms with E-state index < -0.39 is 6.10 Å². The van der Waals surface area contributed by atoms with E-state index in [1.165, 1.54) is 12.1 Å². The minimum absolute atomic E-state index is 0.0844. The van der Waals surface area contributed by atoms with E-state index in [4.69, 9.17) is 21.1 Å². The average molecular weight is 320 g/mol. The van der Waals surface area contributed by atoms with Gasteiger partial charge in [-0.3, -0.25) is 4.79 Å². The summed E-state index contributed by atoms with van der Waals surface area (Å²) in [7, 11) is 1.54. The maximum Gasteiger partial charge on any atom is 0.265 e. The second kappa shape index (κ2) is 5.77. The number of aromatic hydroxyl groups is 1. The fourth-order valence-electron chi connectivity index (χ4n) is 2.32. The van der Waals surface area contributed by atoms with Crippen molar-refractivity contribution in [3.63, 3.8) is 0 Å². The van der Waals surface area contributed by atoms with Crippen LogP contribution in [0.3, 0.4) is 0 Å². The SMILES string of the molecule is COc1ccc(CC2Oc3cc(O)ccc3NC2=O)cc1Cl. The molecule has 1 unspecified atom stereocenters. The zero-order chi connectivity index (χ0) is 15.7.